The maximum atomic E-state index is 10.4. The third-order valence-corrected chi connectivity index (χ3v) is 3.94. The normalized spacial score (nSPS) is 27.9. The van der Waals surface area contributed by atoms with E-state index < -0.39 is 0 Å². The van der Waals surface area contributed by atoms with Crippen LogP contribution in [-0.2, 0) is 9.53 Å². The van der Waals surface area contributed by atoms with Gasteiger partial charge in [-0.1, -0.05) is 23.8 Å². The Balaban J connectivity index is 1.68. The largest absolute Gasteiger partial charge is 0.378 e. The number of hydrogen-bond acceptors (Lipinski definition) is 2. The van der Waals surface area contributed by atoms with Crippen LogP contribution in [0.15, 0.2) is 23.8 Å². The van der Waals surface area contributed by atoms with E-state index in [1.165, 1.54) is 24.8 Å². The Morgan fingerprint density at radius 2 is 2.22 bits per heavy atom. The van der Waals surface area contributed by atoms with Crippen molar-refractivity contribution in [2.24, 2.45) is 5.92 Å². The van der Waals surface area contributed by atoms with E-state index in [1.807, 2.05) is 0 Å². The minimum Gasteiger partial charge on any atom is -0.378 e. The molecular formula is C16H24O2. The Morgan fingerprint density at radius 1 is 1.28 bits per heavy atom. The fraction of sp³-hybridized carbons (Fsp3) is 0.688. The van der Waals surface area contributed by atoms with Gasteiger partial charge in [0, 0.05) is 6.42 Å². The van der Waals surface area contributed by atoms with E-state index >= 15 is 0 Å². The van der Waals surface area contributed by atoms with Crippen molar-refractivity contribution >= 4 is 6.29 Å². The summed E-state index contributed by atoms with van der Waals surface area (Å²) >= 11 is 0. The quantitative estimate of drug-likeness (QED) is 0.527. The zero-order valence-electron chi connectivity index (χ0n) is 11.1. The lowest BCUT2D eigenvalue weighted by Gasteiger charge is -2.26. The number of carbonyl (C=O) groups is 1. The van der Waals surface area contributed by atoms with E-state index in [2.05, 4.69) is 18.2 Å². The maximum Gasteiger partial charge on any atom is 0.120 e. The molecule has 0 spiro atoms. The lowest BCUT2D eigenvalue weighted by atomic mass is 9.93. The van der Waals surface area contributed by atoms with Crippen LogP contribution in [0.1, 0.15) is 51.4 Å². The van der Waals surface area contributed by atoms with Crippen molar-refractivity contribution in [3.8, 4) is 0 Å². The molecule has 0 aromatic carbocycles. The predicted octanol–water partition coefficient (Wildman–Crippen LogP) is 3.82. The second-order valence-electron chi connectivity index (χ2n) is 5.46. The summed E-state index contributed by atoms with van der Waals surface area (Å²) in [4.78, 5) is 10.4. The smallest absolute Gasteiger partial charge is 0.120 e. The van der Waals surface area contributed by atoms with E-state index in [9.17, 15) is 4.79 Å². The van der Waals surface area contributed by atoms with Crippen molar-refractivity contribution in [3.05, 3.63) is 23.8 Å². The fourth-order valence-electron chi connectivity index (χ4n) is 2.82. The van der Waals surface area contributed by atoms with Crippen molar-refractivity contribution in [3.63, 3.8) is 0 Å². The lowest BCUT2D eigenvalue weighted by Crippen LogP contribution is -2.21. The molecule has 0 aromatic rings. The third-order valence-electron chi connectivity index (χ3n) is 3.94. The summed E-state index contributed by atoms with van der Waals surface area (Å²) < 4.78 is 6.07. The fourth-order valence-corrected chi connectivity index (χ4v) is 2.82. The molecule has 2 unspecified atom stereocenters. The Hall–Kier alpha value is -0.890. The Kier molecular flexibility index (Phi) is 5.66. The minimum absolute atomic E-state index is 0.391. The van der Waals surface area contributed by atoms with Crippen LogP contribution in [0.3, 0.4) is 0 Å². The van der Waals surface area contributed by atoms with Gasteiger partial charge in [-0.2, -0.15) is 0 Å². The molecule has 0 aliphatic heterocycles. The summed E-state index contributed by atoms with van der Waals surface area (Å²) in [6, 6.07) is 0. The Labute approximate surface area is 110 Å². The van der Waals surface area contributed by atoms with Gasteiger partial charge < -0.3 is 9.53 Å². The first kappa shape index (κ1) is 13.5. The molecule has 0 amide bonds. The molecule has 0 saturated heterocycles. The van der Waals surface area contributed by atoms with E-state index in [0.717, 1.165) is 44.5 Å². The number of aldehydes is 1. The average molecular weight is 248 g/mol. The molecular weight excluding hydrogens is 224 g/mol. The number of hydrogen-bond donors (Lipinski definition) is 0. The van der Waals surface area contributed by atoms with Crippen LogP contribution in [0.2, 0.25) is 0 Å². The lowest BCUT2D eigenvalue weighted by molar-refractivity contribution is -0.107. The maximum absolute atomic E-state index is 10.4. The molecule has 2 aliphatic carbocycles. The highest BCUT2D eigenvalue weighted by molar-refractivity contribution is 5.49. The van der Waals surface area contributed by atoms with Gasteiger partial charge in [0.2, 0.25) is 0 Å². The summed E-state index contributed by atoms with van der Waals surface area (Å²) in [6.45, 7) is 0.913. The first-order valence-corrected chi connectivity index (χ1v) is 7.26. The van der Waals surface area contributed by atoms with Gasteiger partial charge in [-0.05, 0) is 50.9 Å². The highest BCUT2D eigenvalue weighted by Crippen LogP contribution is 2.26. The van der Waals surface area contributed by atoms with Gasteiger partial charge >= 0.3 is 0 Å². The van der Waals surface area contributed by atoms with Crippen LogP contribution in [0.25, 0.3) is 0 Å². The molecule has 2 nitrogen and oxygen atoms in total. The predicted molar refractivity (Wildman–Crippen MR) is 73.5 cm³/mol. The van der Waals surface area contributed by atoms with Gasteiger partial charge in [-0.3, -0.25) is 0 Å². The zero-order chi connectivity index (χ0) is 12.6. The molecule has 2 heteroatoms. The van der Waals surface area contributed by atoms with Crippen molar-refractivity contribution in [1.82, 2.24) is 0 Å². The van der Waals surface area contributed by atoms with Gasteiger partial charge in [0.1, 0.15) is 6.29 Å². The molecule has 0 N–H and O–H groups in total. The number of ether oxygens (including phenoxy) is 1. The molecule has 0 heterocycles. The molecule has 100 valence electrons. The average Bonchev–Trinajstić information content (AvgIpc) is 2.44. The minimum atomic E-state index is 0.391. The van der Waals surface area contributed by atoms with Crippen LogP contribution < -0.4 is 0 Å². The highest BCUT2D eigenvalue weighted by atomic mass is 16.5. The first-order chi connectivity index (χ1) is 8.88. The monoisotopic (exact) mass is 248 g/mol. The Morgan fingerprint density at radius 3 is 3.00 bits per heavy atom. The van der Waals surface area contributed by atoms with E-state index in [4.69, 9.17) is 4.74 Å². The molecule has 0 fully saturated rings. The van der Waals surface area contributed by atoms with E-state index in [1.54, 1.807) is 0 Å². The van der Waals surface area contributed by atoms with Crippen molar-refractivity contribution in [1.29, 1.82) is 0 Å². The van der Waals surface area contributed by atoms with Crippen molar-refractivity contribution in [2.75, 3.05) is 6.61 Å². The molecule has 2 rings (SSSR count). The second kappa shape index (κ2) is 7.52. The Bertz CT molecular complexity index is 317. The molecule has 2 aliphatic rings. The second-order valence-corrected chi connectivity index (χ2v) is 5.46. The number of carbonyl (C=O) groups excluding carboxylic acids is 1. The highest BCUT2D eigenvalue weighted by Gasteiger charge is 2.18. The van der Waals surface area contributed by atoms with Crippen molar-refractivity contribution < 1.29 is 9.53 Å². The van der Waals surface area contributed by atoms with E-state index in [0.29, 0.717) is 12.5 Å². The zero-order valence-corrected chi connectivity index (χ0v) is 11.1. The molecule has 18 heavy (non-hydrogen) atoms. The van der Waals surface area contributed by atoms with Crippen LogP contribution >= 0.6 is 0 Å². The van der Waals surface area contributed by atoms with Crippen LogP contribution in [-0.4, -0.2) is 19.0 Å². The number of allylic oxidation sites excluding steroid dienone is 3. The number of rotatable bonds is 6. The molecule has 0 aromatic heterocycles. The molecule has 0 bridgehead atoms. The summed E-state index contributed by atoms with van der Waals surface area (Å²) in [7, 11) is 0. The van der Waals surface area contributed by atoms with Gasteiger partial charge in [0.25, 0.3) is 0 Å². The van der Waals surface area contributed by atoms with Gasteiger partial charge in [-0.25, -0.2) is 0 Å². The topological polar surface area (TPSA) is 26.3 Å². The summed E-state index contributed by atoms with van der Waals surface area (Å²) in [5, 5.41) is 0. The molecule has 2 atom stereocenters. The van der Waals surface area contributed by atoms with Crippen LogP contribution in [0, 0.1) is 5.92 Å². The van der Waals surface area contributed by atoms with Gasteiger partial charge in [0.05, 0.1) is 12.7 Å². The third kappa shape index (κ3) is 4.41. The first-order valence-electron chi connectivity index (χ1n) is 7.26. The SMILES string of the molecule is O=CCCC1=CCCC(OCC2CC=CCC2)C1. The van der Waals surface area contributed by atoms with Crippen LogP contribution in [0.5, 0.6) is 0 Å². The summed E-state index contributed by atoms with van der Waals surface area (Å²) in [6.07, 6.45) is 16.8. The van der Waals surface area contributed by atoms with Crippen LogP contribution in [0.4, 0.5) is 0 Å². The molecule has 0 radical (unpaired) electrons. The summed E-state index contributed by atoms with van der Waals surface area (Å²) in [5.74, 6) is 0.722. The summed E-state index contributed by atoms with van der Waals surface area (Å²) in [5.41, 5.74) is 1.42. The van der Waals surface area contributed by atoms with E-state index in [-0.39, 0.29) is 0 Å². The molecule has 0 saturated carbocycles. The van der Waals surface area contributed by atoms with Gasteiger partial charge in [0.15, 0.2) is 0 Å². The standard InChI is InChI=1S/C16H24O2/c17-11-5-9-14-8-4-10-16(12-14)18-13-15-6-2-1-3-7-15/h1-2,8,11,15-16H,3-7,9-10,12-13H2. The van der Waals surface area contributed by atoms with Gasteiger partial charge in [-0.15, -0.1) is 0 Å². The van der Waals surface area contributed by atoms with Crippen molar-refractivity contribution in [2.45, 2.75) is 57.5 Å².